The second-order valence-corrected chi connectivity index (χ2v) is 4.83. The number of thiazole rings is 1. The number of anilines is 1. The Morgan fingerprint density at radius 3 is 2.94 bits per heavy atom. The Balaban J connectivity index is 2.02. The van der Waals surface area contributed by atoms with Gasteiger partial charge in [0, 0.05) is 6.54 Å². The zero-order chi connectivity index (χ0) is 13.0. The molecular formula is C13H13N3OS. The van der Waals surface area contributed by atoms with E-state index < -0.39 is 0 Å². The first-order valence-corrected chi connectivity index (χ1v) is 6.28. The Bertz CT molecular complexity index is 586. The molecule has 1 N–H and O–H groups in total. The van der Waals surface area contributed by atoms with Gasteiger partial charge in [-0.25, -0.2) is 4.98 Å². The van der Waals surface area contributed by atoms with E-state index in [0.29, 0.717) is 11.4 Å². The largest absolute Gasteiger partial charge is 0.496 e. The smallest absolute Gasteiger partial charge is 0.184 e. The topological polar surface area (TPSA) is 57.9 Å². The molecule has 0 fully saturated rings. The number of methoxy groups -OCH3 is 1. The molecule has 18 heavy (non-hydrogen) atoms. The number of nitriles is 1. The van der Waals surface area contributed by atoms with Gasteiger partial charge in [0.15, 0.2) is 5.13 Å². The molecule has 2 rings (SSSR count). The number of aryl methyl sites for hydroxylation is 1. The van der Waals surface area contributed by atoms with Gasteiger partial charge in [-0.15, -0.1) is 0 Å². The minimum Gasteiger partial charge on any atom is -0.496 e. The van der Waals surface area contributed by atoms with Gasteiger partial charge < -0.3 is 10.1 Å². The van der Waals surface area contributed by atoms with Crippen LogP contribution in [0, 0.1) is 18.3 Å². The van der Waals surface area contributed by atoms with Gasteiger partial charge >= 0.3 is 0 Å². The third-order valence-corrected chi connectivity index (χ3v) is 3.38. The van der Waals surface area contributed by atoms with Crippen molar-refractivity contribution in [1.29, 1.82) is 5.26 Å². The van der Waals surface area contributed by atoms with Crippen LogP contribution in [0.15, 0.2) is 24.4 Å². The molecule has 1 aromatic heterocycles. The van der Waals surface area contributed by atoms with Crippen LogP contribution in [0.1, 0.15) is 16.0 Å². The lowest BCUT2D eigenvalue weighted by Crippen LogP contribution is -1.99. The molecule has 1 aromatic carbocycles. The molecule has 0 unspecified atom stereocenters. The van der Waals surface area contributed by atoms with Crippen molar-refractivity contribution in [3.8, 4) is 11.8 Å². The predicted molar refractivity (Wildman–Crippen MR) is 71.9 cm³/mol. The molecule has 0 saturated heterocycles. The fourth-order valence-corrected chi connectivity index (χ4v) is 2.24. The van der Waals surface area contributed by atoms with Crippen molar-refractivity contribution in [2.24, 2.45) is 0 Å². The van der Waals surface area contributed by atoms with E-state index in [4.69, 9.17) is 10.00 Å². The average molecular weight is 259 g/mol. The van der Waals surface area contributed by atoms with Gasteiger partial charge in [0.25, 0.3) is 0 Å². The van der Waals surface area contributed by atoms with Crippen molar-refractivity contribution >= 4 is 16.5 Å². The molecule has 92 valence electrons. The SMILES string of the molecule is COc1ccc(CNc2ncc(C#N)s2)cc1C. The monoisotopic (exact) mass is 259 g/mol. The van der Waals surface area contributed by atoms with Gasteiger partial charge in [0.05, 0.1) is 13.3 Å². The van der Waals surface area contributed by atoms with Gasteiger partial charge in [-0.2, -0.15) is 5.26 Å². The van der Waals surface area contributed by atoms with Gasteiger partial charge in [0.1, 0.15) is 16.7 Å². The van der Waals surface area contributed by atoms with Crippen LogP contribution in [0.2, 0.25) is 0 Å². The molecule has 5 heteroatoms. The highest BCUT2D eigenvalue weighted by Gasteiger charge is 2.02. The van der Waals surface area contributed by atoms with Crippen LogP contribution >= 0.6 is 11.3 Å². The zero-order valence-corrected chi connectivity index (χ0v) is 11.0. The minimum atomic E-state index is 0.614. The highest BCUT2D eigenvalue weighted by atomic mass is 32.1. The molecule has 0 aliphatic heterocycles. The predicted octanol–water partition coefficient (Wildman–Crippen LogP) is 2.94. The van der Waals surface area contributed by atoms with Crippen molar-refractivity contribution in [2.75, 3.05) is 12.4 Å². The average Bonchev–Trinajstić information content (AvgIpc) is 2.84. The molecule has 0 bridgehead atoms. The Labute approximate surface area is 110 Å². The summed E-state index contributed by atoms with van der Waals surface area (Å²) in [6.07, 6.45) is 1.58. The molecule has 1 heterocycles. The van der Waals surface area contributed by atoms with E-state index in [2.05, 4.69) is 22.4 Å². The molecule has 2 aromatic rings. The molecule has 0 spiro atoms. The number of ether oxygens (including phenoxy) is 1. The molecule has 0 aliphatic carbocycles. The quantitative estimate of drug-likeness (QED) is 0.917. The van der Waals surface area contributed by atoms with Crippen LogP contribution in [0.25, 0.3) is 0 Å². The first-order valence-electron chi connectivity index (χ1n) is 5.46. The molecule has 0 saturated carbocycles. The van der Waals surface area contributed by atoms with Crippen molar-refractivity contribution < 1.29 is 4.74 Å². The standard InChI is InChI=1S/C13H13N3OS/c1-9-5-10(3-4-12(9)17-2)7-15-13-16-8-11(6-14)18-13/h3-5,8H,7H2,1-2H3,(H,15,16). The van der Waals surface area contributed by atoms with Gasteiger partial charge in [0.2, 0.25) is 0 Å². The fourth-order valence-electron chi connectivity index (χ4n) is 1.64. The fraction of sp³-hybridized carbons (Fsp3) is 0.231. The van der Waals surface area contributed by atoms with E-state index >= 15 is 0 Å². The van der Waals surface area contributed by atoms with E-state index in [1.165, 1.54) is 11.3 Å². The summed E-state index contributed by atoms with van der Waals surface area (Å²) in [6.45, 7) is 2.70. The van der Waals surface area contributed by atoms with Crippen LogP contribution in [0.4, 0.5) is 5.13 Å². The van der Waals surface area contributed by atoms with E-state index in [-0.39, 0.29) is 0 Å². The van der Waals surface area contributed by atoms with Gasteiger partial charge in [-0.3, -0.25) is 0 Å². The van der Waals surface area contributed by atoms with Gasteiger partial charge in [-0.1, -0.05) is 23.5 Å². The summed E-state index contributed by atoms with van der Waals surface area (Å²) < 4.78 is 5.21. The highest BCUT2D eigenvalue weighted by molar-refractivity contribution is 7.16. The number of benzene rings is 1. The van der Waals surface area contributed by atoms with Crippen LogP contribution in [-0.4, -0.2) is 12.1 Å². The van der Waals surface area contributed by atoms with Crippen LogP contribution in [0.3, 0.4) is 0 Å². The second-order valence-electron chi connectivity index (χ2n) is 3.80. The van der Waals surface area contributed by atoms with E-state index in [1.54, 1.807) is 13.3 Å². The normalized spacial score (nSPS) is 9.83. The number of nitrogens with zero attached hydrogens (tertiary/aromatic N) is 2. The zero-order valence-electron chi connectivity index (χ0n) is 10.2. The molecular weight excluding hydrogens is 246 g/mol. The minimum absolute atomic E-state index is 0.614. The summed E-state index contributed by atoms with van der Waals surface area (Å²) in [5.41, 5.74) is 2.26. The molecule has 0 amide bonds. The number of rotatable bonds is 4. The van der Waals surface area contributed by atoms with E-state index in [1.807, 2.05) is 19.1 Å². The van der Waals surface area contributed by atoms with Crippen molar-refractivity contribution in [3.63, 3.8) is 0 Å². The number of aromatic nitrogens is 1. The number of nitrogens with one attached hydrogen (secondary N) is 1. The Kier molecular flexibility index (Phi) is 3.80. The van der Waals surface area contributed by atoms with Crippen molar-refractivity contribution in [3.05, 3.63) is 40.4 Å². The highest BCUT2D eigenvalue weighted by Crippen LogP contribution is 2.21. The molecule has 0 aliphatic rings. The van der Waals surface area contributed by atoms with Gasteiger partial charge in [-0.05, 0) is 24.1 Å². The lowest BCUT2D eigenvalue weighted by atomic mass is 10.1. The Morgan fingerprint density at radius 1 is 1.50 bits per heavy atom. The lowest BCUT2D eigenvalue weighted by molar-refractivity contribution is 0.411. The van der Waals surface area contributed by atoms with Crippen molar-refractivity contribution in [2.45, 2.75) is 13.5 Å². The summed E-state index contributed by atoms with van der Waals surface area (Å²) in [4.78, 5) is 4.73. The summed E-state index contributed by atoms with van der Waals surface area (Å²) in [5.74, 6) is 0.889. The molecule has 4 nitrogen and oxygen atoms in total. The molecule has 0 radical (unpaired) electrons. The number of hydrogen-bond acceptors (Lipinski definition) is 5. The molecule has 0 atom stereocenters. The summed E-state index contributed by atoms with van der Waals surface area (Å²) in [7, 11) is 1.67. The Hall–Kier alpha value is -2.06. The summed E-state index contributed by atoms with van der Waals surface area (Å²) in [5, 5.41) is 12.7. The third-order valence-electron chi connectivity index (χ3n) is 2.52. The van der Waals surface area contributed by atoms with E-state index in [0.717, 1.165) is 22.0 Å². The van der Waals surface area contributed by atoms with Crippen LogP contribution in [0.5, 0.6) is 5.75 Å². The summed E-state index contributed by atoms with van der Waals surface area (Å²) in [6, 6.07) is 8.11. The number of hydrogen-bond donors (Lipinski definition) is 1. The maximum absolute atomic E-state index is 8.71. The van der Waals surface area contributed by atoms with Crippen molar-refractivity contribution in [1.82, 2.24) is 4.98 Å². The van der Waals surface area contributed by atoms with Crippen LogP contribution in [-0.2, 0) is 6.54 Å². The first kappa shape index (κ1) is 12.4. The maximum Gasteiger partial charge on any atom is 0.184 e. The Morgan fingerprint density at radius 2 is 2.33 bits per heavy atom. The lowest BCUT2D eigenvalue weighted by Gasteiger charge is -2.07. The summed E-state index contributed by atoms with van der Waals surface area (Å²) >= 11 is 1.36. The third kappa shape index (κ3) is 2.79. The maximum atomic E-state index is 8.71. The second kappa shape index (κ2) is 5.52. The van der Waals surface area contributed by atoms with E-state index in [9.17, 15) is 0 Å². The first-order chi connectivity index (χ1) is 8.72. The van der Waals surface area contributed by atoms with Crippen LogP contribution < -0.4 is 10.1 Å².